The molecule has 162 valence electrons. The number of carbonyl (C=O) groups is 2. The summed E-state index contributed by atoms with van der Waals surface area (Å²) < 4.78 is 29.1. The van der Waals surface area contributed by atoms with Crippen LogP contribution in [0.15, 0.2) is 18.3 Å². The summed E-state index contributed by atoms with van der Waals surface area (Å²) >= 11 is 1.12. The third kappa shape index (κ3) is 4.65. The molecule has 1 N–H and O–H groups in total. The van der Waals surface area contributed by atoms with E-state index in [9.17, 15) is 18.0 Å². The minimum atomic E-state index is -3.21. The first-order valence-electron chi connectivity index (χ1n) is 9.84. The minimum absolute atomic E-state index is 0.0206. The Labute approximate surface area is 180 Å². The van der Waals surface area contributed by atoms with Gasteiger partial charge in [0.1, 0.15) is 10.8 Å². The van der Waals surface area contributed by atoms with Gasteiger partial charge < -0.3 is 15.0 Å². The SMILES string of the molecule is CCOC(=O)c1c(NC(=O)c2ccc(N(CC)CC)nc2)sc2c1CCS(=O)(=O)C2. The van der Waals surface area contributed by atoms with E-state index in [1.807, 2.05) is 13.8 Å². The highest BCUT2D eigenvalue weighted by atomic mass is 32.2. The molecule has 3 heterocycles. The molecule has 10 heteroatoms. The zero-order valence-corrected chi connectivity index (χ0v) is 18.9. The topological polar surface area (TPSA) is 106 Å². The fourth-order valence-electron chi connectivity index (χ4n) is 3.36. The highest BCUT2D eigenvalue weighted by Gasteiger charge is 2.32. The van der Waals surface area contributed by atoms with Gasteiger partial charge in [-0.3, -0.25) is 4.79 Å². The van der Waals surface area contributed by atoms with Crippen molar-refractivity contribution in [3.63, 3.8) is 0 Å². The summed E-state index contributed by atoms with van der Waals surface area (Å²) in [4.78, 5) is 32.3. The normalized spacial score (nSPS) is 14.6. The fourth-order valence-corrected chi connectivity index (χ4v) is 6.39. The first-order chi connectivity index (χ1) is 14.3. The number of nitrogens with zero attached hydrogens (tertiary/aromatic N) is 2. The second-order valence-corrected chi connectivity index (χ2v) is 10.1. The molecule has 0 aromatic carbocycles. The Kier molecular flexibility index (Phi) is 6.77. The Balaban J connectivity index is 1.89. The van der Waals surface area contributed by atoms with Crippen molar-refractivity contribution in [1.29, 1.82) is 0 Å². The van der Waals surface area contributed by atoms with Crippen molar-refractivity contribution in [2.24, 2.45) is 0 Å². The van der Waals surface area contributed by atoms with Crippen LogP contribution in [0.5, 0.6) is 0 Å². The summed E-state index contributed by atoms with van der Waals surface area (Å²) in [6.45, 7) is 7.56. The maximum atomic E-state index is 12.8. The standard InChI is InChI=1S/C20H25N3O5S2/c1-4-23(5-2)16-8-7-13(11-21-16)18(24)22-19-17(20(25)28-6-3)14-9-10-30(26,27)12-15(14)29-19/h7-8,11H,4-6,9-10,12H2,1-3H3,(H,22,24). The van der Waals surface area contributed by atoms with Crippen LogP contribution in [0.1, 0.15) is 51.9 Å². The number of anilines is 2. The lowest BCUT2D eigenvalue weighted by Gasteiger charge is -2.19. The van der Waals surface area contributed by atoms with Crippen molar-refractivity contribution in [1.82, 2.24) is 4.98 Å². The van der Waals surface area contributed by atoms with Gasteiger partial charge in [-0.05, 0) is 44.9 Å². The van der Waals surface area contributed by atoms with E-state index in [0.717, 1.165) is 30.2 Å². The van der Waals surface area contributed by atoms with Gasteiger partial charge in [-0.2, -0.15) is 0 Å². The molecule has 2 aromatic rings. The number of rotatable bonds is 7. The van der Waals surface area contributed by atoms with Gasteiger partial charge in [0, 0.05) is 24.2 Å². The van der Waals surface area contributed by atoms with E-state index in [2.05, 4.69) is 15.2 Å². The summed E-state index contributed by atoms with van der Waals surface area (Å²) in [5.41, 5.74) is 1.26. The molecule has 0 radical (unpaired) electrons. The smallest absolute Gasteiger partial charge is 0.341 e. The van der Waals surface area contributed by atoms with E-state index in [0.29, 0.717) is 21.0 Å². The van der Waals surface area contributed by atoms with Crippen LogP contribution in [0.4, 0.5) is 10.8 Å². The Morgan fingerprint density at radius 3 is 2.57 bits per heavy atom. The van der Waals surface area contributed by atoms with Crippen molar-refractivity contribution in [3.8, 4) is 0 Å². The second-order valence-electron chi connectivity index (χ2n) is 6.80. The average molecular weight is 452 g/mol. The number of carbonyl (C=O) groups excluding carboxylic acids is 2. The van der Waals surface area contributed by atoms with Gasteiger partial charge >= 0.3 is 5.97 Å². The highest BCUT2D eigenvalue weighted by molar-refractivity contribution is 7.90. The van der Waals surface area contributed by atoms with Gasteiger partial charge in [-0.1, -0.05) is 0 Å². The number of esters is 1. The van der Waals surface area contributed by atoms with E-state index in [-0.39, 0.29) is 30.1 Å². The Bertz CT molecular complexity index is 1040. The molecule has 0 aliphatic carbocycles. The number of aromatic nitrogens is 1. The first kappa shape index (κ1) is 22.2. The van der Waals surface area contributed by atoms with Crippen LogP contribution < -0.4 is 10.2 Å². The number of hydrogen-bond donors (Lipinski definition) is 1. The summed E-state index contributed by atoms with van der Waals surface area (Å²) in [6, 6.07) is 3.46. The number of hydrogen-bond acceptors (Lipinski definition) is 8. The molecule has 30 heavy (non-hydrogen) atoms. The third-order valence-corrected chi connectivity index (χ3v) is 7.79. The number of sulfone groups is 1. The largest absolute Gasteiger partial charge is 0.462 e. The zero-order chi connectivity index (χ0) is 21.9. The van der Waals surface area contributed by atoms with Crippen molar-refractivity contribution in [3.05, 3.63) is 39.9 Å². The van der Waals surface area contributed by atoms with Crippen LogP contribution in [-0.2, 0) is 26.7 Å². The van der Waals surface area contributed by atoms with Gasteiger partial charge in [-0.25, -0.2) is 18.2 Å². The molecular formula is C20H25N3O5S2. The quantitative estimate of drug-likeness (QED) is 0.645. The van der Waals surface area contributed by atoms with Crippen LogP contribution in [0.25, 0.3) is 0 Å². The summed E-state index contributed by atoms with van der Waals surface area (Å²) in [5.74, 6) is -0.344. The molecule has 0 spiro atoms. The average Bonchev–Trinajstić information content (AvgIpc) is 3.05. The number of pyridine rings is 1. The van der Waals surface area contributed by atoms with Crippen LogP contribution in [0.2, 0.25) is 0 Å². The van der Waals surface area contributed by atoms with E-state index in [4.69, 9.17) is 4.74 Å². The Hall–Kier alpha value is -2.46. The lowest BCUT2D eigenvalue weighted by Crippen LogP contribution is -2.23. The van der Waals surface area contributed by atoms with Crippen LogP contribution in [0.3, 0.4) is 0 Å². The van der Waals surface area contributed by atoms with Gasteiger partial charge in [0.2, 0.25) is 0 Å². The number of ether oxygens (including phenoxy) is 1. The molecule has 1 amide bonds. The lowest BCUT2D eigenvalue weighted by molar-refractivity contribution is 0.0527. The molecule has 8 nitrogen and oxygen atoms in total. The Morgan fingerprint density at radius 2 is 1.97 bits per heavy atom. The molecule has 3 rings (SSSR count). The number of thiophene rings is 1. The zero-order valence-electron chi connectivity index (χ0n) is 17.2. The van der Waals surface area contributed by atoms with Gasteiger partial charge in [0.05, 0.1) is 29.2 Å². The third-order valence-electron chi connectivity index (χ3n) is 4.91. The van der Waals surface area contributed by atoms with E-state index >= 15 is 0 Å². The Morgan fingerprint density at radius 1 is 1.23 bits per heavy atom. The molecule has 0 atom stereocenters. The maximum Gasteiger partial charge on any atom is 0.341 e. The molecule has 1 aliphatic rings. The van der Waals surface area contributed by atoms with Crippen molar-refractivity contribution in [2.75, 3.05) is 35.7 Å². The number of fused-ring (bicyclic) bond motifs is 1. The molecule has 0 saturated heterocycles. The maximum absolute atomic E-state index is 12.8. The highest BCUT2D eigenvalue weighted by Crippen LogP contribution is 2.38. The predicted octanol–water partition coefficient (Wildman–Crippen LogP) is 2.89. The molecule has 1 aliphatic heterocycles. The molecule has 0 bridgehead atoms. The molecule has 0 fully saturated rings. The van der Waals surface area contributed by atoms with Crippen LogP contribution in [-0.4, -0.2) is 50.7 Å². The van der Waals surface area contributed by atoms with Gasteiger partial charge in [0.15, 0.2) is 9.84 Å². The van der Waals surface area contributed by atoms with Crippen LogP contribution in [0, 0.1) is 0 Å². The first-order valence-corrected chi connectivity index (χ1v) is 12.5. The van der Waals surface area contributed by atoms with Crippen molar-refractivity contribution < 1.29 is 22.7 Å². The monoisotopic (exact) mass is 451 g/mol. The molecular weight excluding hydrogens is 426 g/mol. The number of amides is 1. The molecule has 0 unspecified atom stereocenters. The van der Waals surface area contributed by atoms with E-state index in [1.54, 1.807) is 19.1 Å². The van der Waals surface area contributed by atoms with E-state index < -0.39 is 21.7 Å². The van der Waals surface area contributed by atoms with Gasteiger partial charge in [-0.15, -0.1) is 11.3 Å². The fraction of sp³-hybridized carbons (Fsp3) is 0.450. The summed E-state index contributed by atoms with van der Waals surface area (Å²) in [7, 11) is -3.21. The van der Waals surface area contributed by atoms with Crippen molar-refractivity contribution >= 4 is 43.9 Å². The number of nitrogens with one attached hydrogen (secondary N) is 1. The van der Waals surface area contributed by atoms with Crippen molar-refractivity contribution in [2.45, 2.75) is 32.9 Å². The van der Waals surface area contributed by atoms with Crippen LogP contribution >= 0.6 is 11.3 Å². The summed E-state index contributed by atoms with van der Waals surface area (Å²) in [6.07, 6.45) is 1.73. The minimum Gasteiger partial charge on any atom is -0.462 e. The van der Waals surface area contributed by atoms with E-state index in [1.165, 1.54) is 6.20 Å². The van der Waals surface area contributed by atoms with Gasteiger partial charge in [0.25, 0.3) is 5.91 Å². The molecule has 2 aromatic heterocycles. The molecule has 0 saturated carbocycles. The summed E-state index contributed by atoms with van der Waals surface area (Å²) in [5, 5.41) is 3.07. The second kappa shape index (κ2) is 9.13. The lowest BCUT2D eigenvalue weighted by atomic mass is 10.1. The predicted molar refractivity (Wildman–Crippen MR) is 117 cm³/mol.